The van der Waals surface area contributed by atoms with Gasteiger partial charge in [0, 0.05) is 17.5 Å². The Morgan fingerprint density at radius 2 is 2.02 bits per heavy atom. The lowest BCUT2D eigenvalue weighted by Gasteiger charge is -2.43. The summed E-state index contributed by atoms with van der Waals surface area (Å²) in [5.74, 6) is -0.902. The summed E-state index contributed by atoms with van der Waals surface area (Å²) in [4.78, 5) is 16.8. The number of benzene rings is 1. The van der Waals surface area contributed by atoms with Crippen LogP contribution in [0.25, 0.3) is 16.4 Å². The number of hydrogen-bond acceptors (Lipinski definition) is 11. The molecule has 5 rings (SSSR count). The molecule has 5 atom stereocenters. The summed E-state index contributed by atoms with van der Waals surface area (Å²) in [5.41, 5.74) is -1.68. The predicted octanol–water partition coefficient (Wildman–Crippen LogP) is 4.14. The second-order valence-electron chi connectivity index (χ2n) is 9.26. The van der Waals surface area contributed by atoms with E-state index in [0.717, 1.165) is 22.9 Å². The molecule has 230 valence electrons. The molecule has 1 saturated heterocycles. The Labute approximate surface area is 255 Å². The zero-order chi connectivity index (χ0) is 31.1. The quantitative estimate of drug-likeness (QED) is 0.264. The Morgan fingerprint density at radius 1 is 1.26 bits per heavy atom. The van der Waals surface area contributed by atoms with Gasteiger partial charge in [-0.2, -0.15) is 18.3 Å². The van der Waals surface area contributed by atoms with Gasteiger partial charge < -0.3 is 24.4 Å². The second kappa shape index (κ2) is 12.5. The first-order valence-corrected chi connectivity index (χ1v) is 14.2. The molecule has 18 heteroatoms. The molecular formula is C25H23Cl2F3N6O6S. The van der Waals surface area contributed by atoms with E-state index < -0.39 is 60.5 Å². The molecule has 0 aliphatic carbocycles. The van der Waals surface area contributed by atoms with Crippen LogP contribution in [0.1, 0.15) is 40.8 Å². The molecule has 1 aliphatic heterocycles. The zero-order valence-electron chi connectivity index (χ0n) is 22.3. The van der Waals surface area contributed by atoms with E-state index in [2.05, 4.69) is 20.4 Å². The number of aliphatic hydroxyl groups is 2. The highest BCUT2D eigenvalue weighted by atomic mass is 35.5. The molecule has 1 aromatic carbocycles. The van der Waals surface area contributed by atoms with Gasteiger partial charge in [0.2, 0.25) is 0 Å². The van der Waals surface area contributed by atoms with Crippen molar-refractivity contribution in [1.29, 1.82) is 0 Å². The molecule has 2 N–H and O–H groups in total. The van der Waals surface area contributed by atoms with E-state index in [4.69, 9.17) is 37.4 Å². The van der Waals surface area contributed by atoms with Crippen LogP contribution in [0, 0.1) is 0 Å². The fourth-order valence-electron chi connectivity index (χ4n) is 4.81. The summed E-state index contributed by atoms with van der Waals surface area (Å²) in [6.45, 7) is 0.855. The van der Waals surface area contributed by atoms with Crippen molar-refractivity contribution in [1.82, 2.24) is 29.8 Å². The van der Waals surface area contributed by atoms with Crippen LogP contribution >= 0.6 is 34.5 Å². The summed E-state index contributed by atoms with van der Waals surface area (Å²) >= 11 is 13.2. The SMILES string of the molecule is CCOC(=O)c1cc([C@@H]2O[C@H](CO)[C@H](O)[C@H](n3cc(-c4nc(Cl)cs4)nn3)[C@H]2OC)n(-c2cc(Cl)ccc2C(F)(F)F)n1. The molecule has 4 heterocycles. The highest BCUT2D eigenvalue weighted by molar-refractivity contribution is 7.13. The molecular weight excluding hydrogens is 640 g/mol. The van der Waals surface area contributed by atoms with Crippen molar-refractivity contribution in [3.8, 4) is 16.4 Å². The van der Waals surface area contributed by atoms with E-state index in [1.54, 1.807) is 12.3 Å². The maximum Gasteiger partial charge on any atom is 0.418 e. The minimum absolute atomic E-state index is 0.0214. The first-order chi connectivity index (χ1) is 20.5. The zero-order valence-corrected chi connectivity index (χ0v) is 24.6. The van der Waals surface area contributed by atoms with E-state index in [1.165, 1.54) is 35.4 Å². The molecule has 1 aliphatic rings. The van der Waals surface area contributed by atoms with E-state index in [-0.39, 0.29) is 28.2 Å². The van der Waals surface area contributed by atoms with Crippen molar-refractivity contribution in [2.75, 3.05) is 20.3 Å². The van der Waals surface area contributed by atoms with Gasteiger partial charge in [-0.05, 0) is 31.2 Å². The van der Waals surface area contributed by atoms with Gasteiger partial charge in [-0.1, -0.05) is 28.4 Å². The first kappa shape index (κ1) is 31.3. The summed E-state index contributed by atoms with van der Waals surface area (Å²) in [6, 6.07) is 3.01. The average molecular weight is 663 g/mol. The Bertz CT molecular complexity index is 1610. The molecule has 0 unspecified atom stereocenters. The third-order valence-corrected chi connectivity index (χ3v) is 8.08. The highest BCUT2D eigenvalue weighted by Gasteiger charge is 2.49. The van der Waals surface area contributed by atoms with Crippen LogP contribution in [-0.2, 0) is 20.4 Å². The van der Waals surface area contributed by atoms with Crippen LogP contribution in [0.2, 0.25) is 10.2 Å². The minimum atomic E-state index is -4.83. The van der Waals surface area contributed by atoms with Crippen molar-refractivity contribution in [2.24, 2.45) is 0 Å². The molecule has 0 bridgehead atoms. The van der Waals surface area contributed by atoms with Gasteiger partial charge >= 0.3 is 12.1 Å². The lowest BCUT2D eigenvalue weighted by atomic mass is 9.90. The van der Waals surface area contributed by atoms with Gasteiger partial charge in [-0.3, -0.25) is 0 Å². The number of thiazole rings is 1. The van der Waals surface area contributed by atoms with E-state index in [1.807, 2.05) is 0 Å². The van der Waals surface area contributed by atoms with E-state index >= 15 is 0 Å². The monoisotopic (exact) mass is 662 g/mol. The number of halogens is 5. The molecule has 4 aromatic rings. The fourth-order valence-corrected chi connectivity index (χ4v) is 5.87. The van der Waals surface area contributed by atoms with Gasteiger partial charge in [0.15, 0.2) is 5.69 Å². The molecule has 1 fully saturated rings. The summed E-state index contributed by atoms with van der Waals surface area (Å²) in [7, 11) is 1.30. The van der Waals surface area contributed by atoms with Crippen molar-refractivity contribution >= 4 is 40.5 Å². The number of aromatic nitrogens is 6. The van der Waals surface area contributed by atoms with Crippen molar-refractivity contribution in [2.45, 2.75) is 43.6 Å². The Hall–Kier alpha value is -3.12. The average Bonchev–Trinajstić information content (AvgIpc) is 3.72. The van der Waals surface area contributed by atoms with Crippen molar-refractivity contribution in [3.05, 3.63) is 63.0 Å². The third kappa shape index (κ3) is 6.13. The number of rotatable bonds is 8. The number of esters is 1. The molecule has 12 nitrogen and oxygen atoms in total. The van der Waals surface area contributed by atoms with Crippen molar-refractivity contribution < 1.29 is 42.4 Å². The van der Waals surface area contributed by atoms with Crippen LogP contribution in [0.4, 0.5) is 13.2 Å². The number of aliphatic hydroxyl groups excluding tert-OH is 2. The van der Waals surface area contributed by atoms with Crippen LogP contribution in [-0.4, -0.2) is 84.6 Å². The van der Waals surface area contributed by atoms with Gasteiger partial charge in [0.25, 0.3) is 0 Å². The Balaban J connectivity index is 1.66. The third-order valence-electron chi connectivity index (χ3n) is 6.66. The van der Waals surface area contributed by atoms with Gasteiger partial charge in [-0.15, -0.1) is 16.4 Å². The number of methoxy groups -OCH3 is 1. The number of nitrogens with zero attached hydrogens (tertiary/aromatic N) is 6. The Kier molecular flexibility index (Phi) is 9.08. The standard InChI is InChI=1S/C25H23Cl2F3N6O6S/c1-3-41-24(39)13-7-16(36(33-13)15-6-11(26)4-5-12(15)25(28,29)30)21-22(40-2)19(20(38)17(9-37)42-21)35-8-14(32-34-35)23-31-18(27)10-43-23/h4-8,10,17,19-22,37-38H,3,9H2,1-2H3/t17-,19+,20+,21+,22-/m1/s1. The lowest BCUT2D eigenvalue weighted by Crippen LogP contribution is -2.53. The molecule has 0 spiro atoms. The topological polar surface area (TPSA) is 147 Å². The number of hydrogen-bond donors (Lipinski definition) is 2. The van der Waals surface area contributed by atoms with Crippen LogP contribution in [0.3, 0.4) is 0 Å². The summed E-state index contributed by atoms with van der Waals surface area (Å²) in [5, 5.41) is 36.0. The molecule has 0 radical (unpaired) electrons. The summed E-state index contributed by atoms with van der Waals surface area (Å²) in [6.07, 6.45) is -8.51. The van der Waals surface area contributed by atoms with Gasteiger partial charge in [-0.25, -0.2) is 19.1 Å². The minimum Gasteiger partial charge on any atom is -0.461 e. The molecule has 43 heavy (non-hydrogen) atoms. The van der Waals surface area contributed by atoms with Gasteiger partial charge in [0.05, 0.1) is 36.4 Å². The second-order valence-corrected chi connectivity index (χ2v) is 10.9. The normalized spacial score (nSPS) is 22.6. The molecule has 3 aromatic heterocycles. The van der Waals surface area contributed by atoms with Crippen LogP contribution in [0.5, 0.6) is 0 Å². The number of ether oxygens (including phenoxy) is 3. The number of carbonyl (C=O) groups is 1. The van der Waals surface area contributed by atoms with Crippen molar-refractivity contribution in [3.63, 3.8) is 0 Å². The summed E-state index contributed by atoms with van der Waals surface area (Å²) < 4.78 is 61.4. The van der Waals surface area contributed by atoms with Crippen LogP contribution in [0.15, 0.2) is 35.8 Å². The highest BCUT2D eigenvalue weighted by Crippen LogP contribution is 2.43. The fraction of sp³-hybridized carbons (Fsp3) is 0.400. The molecule has 0 saturated carbocycles. The smallest absolute Gasteiger partial charge is 0.418 e. The number of alkyl halides is 3. The largest absolute Gasteiger partial charge is 0.461 e. The first-order valence-electron chi connectivity index (χ1n) is 12.6. The lowest BCUT2D eigenvalue weighted by molar-refractivity contribution is -0.216. The number of carbonyl (C=O) groups excluding carboxylic acids is 1. The maximum absolute atomic E-state index is 14.1. The maximum atomic E-state index is 14.1. The van der Waals surface area contributed by atoms with Crippen LogP contribution < -0.4 is 0 Å². The van der Waals surface area contributed by atoms with E-state index in [0.29, 0.717) is 10.7 Å². The van der Waals surface area contributed by atoms with Gasteiger partial charge in [0.1, 0.15) is 46.3 Å². The Morgan fingerprint density at radius 3 is 2.65 bits per heavy atom. The molecule has 0 amide bonds. The van der Waals surface area contributed by atoms with E-state index in [9.17, 15) is 28.2 Å². The predicted molar refractivity (Wildman–Crippen MR) is 146 cm³/mol.